The fourth-order valence-electron chi connectivity index (χ4n) is 0.925. The van der Waals surface area contributed by atoms with Gasteiger partial charge in [0.05, 0.1) is 6.10 Å². The van der Waals surface area contributed by atoms with Crippen molar-refractivity contribution in [3.63, 3.8) is 0 Å². The van der Waals surface area contributed by atoms with Crippen LogP contribution in [0.5, 0.6) is 0 Å². The number of aliphatic hydroxyl groups is 2. The van der Waals surface area contributed by atoms with Gasteiger partial charge in [-0.05, 0) is 22.0 Å². The molecule has 0 aliphatic carbocycles. The summed E-state index contributed by atoms with van der Waals surface area (Å²) in [4.78, 5) is 3.96. The summed E-state index contributed by atoms with van der Waals surface area (Å²) in [6, 6.07) is 3.53. The first-order valence-electron chi connectivity index (χ1n) is 3.65. The Balaban J connectivity index is 2.79. The number of hydrogen-bond donors (Lipinski definition) is 2. The smallest absolute Gasteiger partial charge is 0.111 e. The summed E-state index contributed by atoms with van der Waals surface area (Å²) < 4.78 is 0.631. The summed E-state index contributed by atoms with van der Waals surface area (Å²) in [5.74, 6) is 0. The molecule has 0 spiro atoms. The van der Waals surface area contributed by atoms with Gasteiger partial charge in [0.2, 0.25) is 0 Å². The number of aliphatic hydroxyl groups excluding tert-OH is 2. The second-order valence-corrected chi connectivity index (χ2v) is 3.16. The summed E-state index contributed by atoms with van der Waals surface area (Å²) >= 11 is 3.21. The Bertz CT molecular complexity index is 255. The maximum absolute atomic E-state index is 9.47. The molecular weight excluding hydrogens is 222 g/mol. The first-order chi connectivity index (χ1) is 5.75. The number of rotatable bonds is 3. The fraction of sp³-hybridized carbons (Fsp3) is 0.375. The zero-order chi connectivity index (χ0) is 8.97. The number of nitrogens with zero attached hydrogens (tertiary/aromatic N) is 1. The van der Waals surface area contributed by atoms with E-state index in [-0.39, 0.29) is 6.61 Å². The van der Waals surface area contributed by atoms with Gasteiger partial charge in [0.25, 0.3) is 0 Å². The zero-order valence-electron chi connectivity index (χ0n) is 6.44. The maximum atomic E-state index is 9.47. The summed E-state index contributed by atoms with van der Waals surface area (Å²) in [7, 11) is 0. The Morgan fingerprint density at radius 3 is 2.92 bits per heavy atom. The summed E-state index contributed by atoms with van der Waals surface area (Å²) in [5, 5.41) is 18.1. The first-order valence-corrected chi connectivity index (χ1v) is 4.44. The van der Waals surface area contributed by atoms with E-state index in [2.05, 4.69) is 20.9 Å². The third kappa shape index (κ3) is 2.27. The summed E-state index contributed by atoms with van der Waals surface area (Å²) in [5.41, 5.74) is 0.714. The van der Waals surface area contributed by atoms with Crippen LogP contribution in [-0.4, -0.2) is 21.8 Å². The molecule has 4 heteroatoms. The Morgan fingerprint density at radius 2 is 2.33 bits per heavy atom. The Labute approximate surface area is 79.2 Å². The molecule has 12 heavy (non-hydrogen) atoms. The molecule has 1 heterocycles. The molecule has 1 aromatic rings. The predicted molar refractivity (Wildman–Crippen MR) is 48.6 cm³/mol. The van der Waals surface area contributed by atoms with Gasteiger partial charge in [0, 0.05) is 24.8 Å². The van der Waals surface area contributed by atoms with Gasteiger partial charge in [-0.2, -0.15) is 0 Å². The third-order valence-corrected chi connectivity index (χ3v) is 2.21. The molecule has 0 bridgehead atoms. The van der Waals surface area contributed by atoms with Gasteiger partial charge >= 0.3 is 0 Å². The fourth-order valence-corrected chi connectivity index (χ4v) is 1.44. The van der Waals surface area contributed by atoms with Gasteiger partial charge in [-0.3, -0.25) is 0 Å². The Hall–Kier alpha value is -0.450. The molecule has 0 aliphatic rings. The van der Waals surface area contributed by atoms with Crippen LogP contribution in [0.25, 0.3) is 0 Å². The van der Waals surface area contributed by atoms with Crippen molar-refractivity contribution in [2.24, 2.45) is 0 Å². The molecule has 66 valence electrons. The minimum atomic E-state index is -0.641. The van der Waals surface area contributed by atoms with Crippen molar-refractivity contribution in [2.45, 2.75) is 12.5 Å². The number of halogens is 1. The molecule has 0 saturated heterocycles. The molecule has 2 N–H and O–H groups in total. The van der Waals surface area contributed by atoms with Crippen LogP contribution in [0.2, 0.25) is 0 Å². The van der Waals surface area contributed by atoms with Crippen LogP contribution >= 0.6 is 15.9 Å². The van der Waals surface area contributed by atoms with Gasteiger partial charge in [0.15, 0.2) is 0 Å². The van der Waals surface area contributed by atoms with Gasteiger partial charge in [-0.1, -0.05) is 6.07 Å². The average molecular weight is 232 g/mol. The van der Waals surface area contributed by atoms with Crippen molar-refractivity contribution >= 4 is 15.9 Å². The minimum Gasteiger partial charge on any atom is -0.396 e. The molecule has 0 fully saturated rings. The summed E-state index contributed by atoms with van der Waals surface area (Å²) in [6.45, 7) is -0.0253. The van der Waals surface area contributed by atoms with E-state index in [0.29, 0.717) is 16.6 Å². The normalized spacial score (nSPS) is 12.9. The molecule has 0 aromatic carbocycles. The Morgan fingerprint density at radius 1 is 1.58 bits per heavy atom. The highest BCUT2D eigenvalue weighted by Crippen LogP contribution is 2.22. The van der Waals surface area contributed by atoms with E-state index in [4.69, 9.17) is 5.11 Å². The van der Waals surface area contributed by atoms with E-state index < -0.39 is 6.10 Å². The second kappa shape index (κ2) is 4.54. The minimum absolute atomic E-state index is 0.0253. The molecule has 0 amide bonds. The van der Waals surface area contributed by atoms with Crippen molar-refractivity contribution in [3.05, 3.63) is 28.5 Å². The molecule has 0 radical (unpaired) electrons. The predicted octanol–water partition coefficient (Wildman–Crippen LogP) is 1.26. The average Bonchev–Trinajstić information content (AvgIpc) is 2.05. The zero-order valence-corrected chi connectivity index (χ0v) is 8.03. The highest BCUT2D eigenvalue weighted by Gasteiger charge is 2.09. The van der Waals surface area contributed by atoms with Crippen molar-refractivity contribution in [1.82, 2.24) is 4.98 Å². The van der Waals surface area contributed by atoms with E-state index in [1.807, 2.05) is 0 Å². The maximum Gasteiger partial charge on any atom is 0.111 e. The van der Waals surface area contributed by atoms with Gasteiger partial charge < -0.3 is 10.2 Å². The number of aromatic nitrogens is 1. The molecule has 0 saturated carbocycles. The summed E-state index contributed by atoms with van der Waals surface area (Å²) in [6.07, 6.45) is 1.34. The lowest BCUT2D eigenvalue weighted by atomic mass is 10.1. The van der Waals surface area contributed by atoms with Crippen LogP contribution in [0.4, 0.5) is 0 Å². The van der Waals surface area contributed by atoms with E-state index in [1.165, 1.54) is 0 Å². The third-order valence-electron chi connectivity index (χ3n) is 1.55. The molecule has 0 aliphatic heterocycles. The van der Waals surface area contributed by atoms with Crippen LogP contribution in [0, 0.1) is 0 Å². The molecule has 1 rings (SSSR count). The van der Waals surface area contributed by atoms with E-state index in [0.717, 1.165) is 0 Å². The Kier molecular flexibility index (Phi) is 3.65. The molecule has 1 atom stereocenters. The van der Waals surface area contributed by atoms with Crippen molar-refractivity contribution in [3.8, 4) is 0 Å². The SMILES string of the molecule is OCCC(O)c1cccnc1Br. The van der Waals surface area contributed by atoms with Crippen LogP contribution in [0.3, 0.4) is 0 Å². The monoisotopic (exact) mass is 231 g/mol. The van der Waals surface area contributed by atoms with E-state index in [9.17, 15) is 5.11 Å². The van der Waals surface area contributed by atoms with Crippen LogP contribution in [-0.2, 0) is 0 Å². The van der Waals surface area contributed by atoms with Crippen LogP contribution in [0.1, 0.15) is 18.1 Å². The van der Waals surface area contributed by atoms with Gasteiger partial charge in [-0.25, -0.2) is 4.98 Å². The lowest BCUT2D eigenvalue weighted by Gasteiger charge is -2.09. The van der Waals surface area contributed by atoms with Crippen molar-refractivity contribution in [1.29, 1.82) is 0 Å². The first kappa shape index (κ1) is 9.64. The molecular formula is C8H10BrNO2. The topological polar surface area (TPSA) is 53.4 Å². The molecule has 1 aromatic heterocycles. The number of pyridine rings is 1. The second-order valence-electron chi connectivity index (χ2n) is 2.41. The largest absolute Gasteiger partial charge is 0.396 e. The van der Waals surface area contributed by atoms with Crippen molar-refractivity contribution < 1.29 is 10.2 Å². The number of hydrogen-bond acceptors (Lipinski definition) is 3. The quantitative estimate of drug-likeness (QED) is 0.771. The van der Waals surface area contributed by atoms with Gasteiger partial charge in [-0.15, -0.1) is 0 Å². The van der Waals surface area contributed by atoms with Crippen molar-refractivity contribution in [2.75, 3.05) is 6.61 Å². The lowest BCUT2D eigenvalue weighted by Crippen LogP contribution is -2.01. The standard InChI is InChI=1S/C8H10BrNO2/c9-8-6(2-1-4-10-8)7(12)3-5-11/h1-2,4,7,11-12H,3,5H2. The molecule has 3 nitrogen and oxygen atoms in total. The highest BCUT2D eigenvalue weighted by molar-refractivity contribution is 9.10. The van der Waals surface area contributed by atoms with Crippen LogP contribution in [0.15, 0.2) is 22.9 Å². The van der Waals surface area contributed by atoms with E-state index >= 15 is 0 Å². The lowest BCUT2D eigenvalue weighted by molar-refractivity contribution is 0.133. The molecule has 1 unspecified atom stereocenters. The van der Waals surface area contributed by atoms with E-state index in [1.54, 1.807) is 18.3 Å². The highest BCUT2D eigenvalue weighted by atomic mass is 79.9. The van der Waals surface area contributed by atoms with Crippen LogP contribution < -0.4 is 0 Å². The van der Waals surface area contributed by atoms with Gasteiger partial charge in [0.1, 0.15) is 4.60 Å².